The van der Waals surface area contributed by atoms with Gasteiger partial charge in [-0.05, 0) is 25.0 Å². The van der Waals surface area contributed by atoms with E-state index < -0.39 is 11.7 Å². The van der Waals surface area contributed by atoms with Gasteiger partial charge >= 0.3 is 6.18 Å². The number of carbonyl (C=O) groups is 1. The van der Waals surface area contributed by atoms with Crippen molar-refractivity contribution in [3.8, 4) is 0 Å². The monoisotopic (exact) mass is 350 g/mol. The van der Waals surface area contributed by atoms with Crippen LogP contribution in [-0.4, -0.2) is 21.9 Å². The molecular formula is C17H17F3N4O. The molecule has 2 N–H and O–H groups in total. The molecule has 0 radical (unpaired) electrons. The summed E-state index contributed by atoms with van der Waals surface area (Å²) in [4.78, 5) is 20.0. The molecule has 25 heavy (non-hydrogen) atoms. The highest BCUT2D eigenvalue weighted by Crippen LogP contribution is 2.35. The lowest BCUT2D eigenvalue weighted by molar-refractivity contribution is -0.136. The molecule has 2 aromatic rings. The van der Waals surface area contributed by atoms with E-state index in [9.17, 15) is 18.0 Å². The number of benzene rings is 1. The molecule has 1 saturated carbocycles. The molecule has 0 bridgehead atoms. The van der Waals surface area contributed by atoms with Gasteiger partial charge in [0, 0.05) is 12.1 Å². The first-order chi connectivity index (χ1) is 11.9. The van der Waals surface area contributed by atoms with Crippen LogP contribution in [-0.2, 0) is 6.18 Å². The van der Waals surface area contributed by atoms with Gasteiger partial charge in [-0.2, -0.15) is 13.2 Å². The van der Waals surface area contributed by atoms with Crippen molar-refractivity contribution in [2.75, 3.05) is 5.32 Å². The van der Waals surface area contributed by atoms with E-state index in [1.165, 1.54) is 24.3 Å². The van der Waals surface area contributed by atoms with E-state index in [0.717, 1.165) is 38.1 Å². The number of hydrogen-bond acceptors (Lipinski definition) is 4. The molecule has 0 saturated heterocycles. The summed E-state index contributed by atoms with van der Waals surface area (Å²) in [5.41, 5.74) is -0.810. The molecule has 0 atom stereocenters. The number of carbonyl (C=O) groups excluding carboxylic acids is 1. The van der Waals surface area contributed by atoms with E-state index in [1.54, 1.807) is 0 Å². The van der Waals surface area contributed by atoms with Crippen molar-refractivity contribution in [1.29, 1.82) is 0 Å². The Bertz CT molecular complexity index is 758. The van der Waals surface area contributed by atoms with Gasteiger partial charge in [0.15, 0.2) is 0 Å². The summed E-state index contributed by atoms with van der Waals surface area (Å²) < 4.78 is 39.1. The van der Waals surface area contributed by atoms with E-state index in [1.807, 2.05) is 0 Å². The molecule has 0 spiro atoms. The average molecular weight is 350 g/mol. The fraction of sp³-hybridized carbons (Fsp3) is 0.353. The second kappa shape index (κ2) is 7.08. The fourth-order valence-electron chi connectivity index (χ4n) is 2.86. The Morgan fingerprint density at radius 2 is 1.84 bits per heavy atom. The maximum atomic E-state index is 13.0. The zero-order valence-corrected chi connectivity index (χ0v) is 13.3. The quantitative estimate of drug-likeness (QED) is 0.877. The molecule has 5 nitrogen and oxygen atoms in total. The second-order valence-corrected chi connectivity index (χ2v) is 5.91. The predicted molar refractivity (Wildman–Crippen MR) is 86.5 cm³/mol. The SMILES string of the molecule is O=C(NC1CCCC1)c1cc(Nc2ccccc2C(F)(F)F)ncn1. The first-order valence-electron chi connectivity index (χ1n) is 7.99. The first-order valence-corrected chi connectivity index (χ1v) is 7.99. The lowest BCUT2D eigenvalue weighted by Crippen LogP contribution is -2.33. The Morgan fingerprint density at radius 1 is 1.12 bits per heavy atom. The fourth-order valence-corrected chi connectivity index (χ4v) is 2.86. The topological polar surface area (TPSA) is 66.9 Å². The van der Waals surface area contributed by atoms with Gasteiger partial charge in [0.1, 0.15) is 17.8 Å². The summed E-state index contributed by atoms with van der Waals surface area (Å²) >= 11 is 0. The second-order valence-electron chi connectivity index (χ2n) is 5.91. The van der Waals surface area contributed by atoms with E-state index in [-0.39, 0.29) is 29.1 Å². The Hall–Kier alpha value is -2.64. The summed E-state index contributed by atoms with van der Waals surface area (Å²) in [6.07, 6.45) is 0.689. The maximum Gasteiger partial charge on any atom is 0.418 e. The highest BCUT2D eigenvalue weighted by molar-refractivity contribution is 5.93. The van der Waals surface area contributed by atoms with E-state index in [4.69, 9.17) is 0 Å². The number of nitrogens with zero attached hydrogens (tertiary/aromatic N) is 2. The van der Waals surface area contributed by atoms with Crippen molar-refractivity contribution >= 4 is 17.4 Å². The normalized spacial score (nSPS) is 15.2. The third kappa shape index (κ3) is 4.26. The van der Waals surface area contributed by atoms with Gasteiger partial charge in [-0.15, -0.1) is 0 Å². The molecule has 0 aliphatic heterocycles. The van der Waals surface area contributed by atoms with Crippen LogP contribution in [0, 0.1) is 0 Å². The van der Waals surface area contributed by atoms with Crippen LogP contribution in [0.3, 0.4) is 0 Å². The van der Waals surface area contributed by atoms with Crippen molar-refractivity contribution < 1.29 is 18.0 Å². The molecule has 0 unspecified atom stereocenters. The molecule has 1 aromatic heterocycles. The molecule has 1 aliphatic carbocycles. The van der Waals surface area contributed by atoms with Crippen LogP contribution >= 0.6 is 0 Å². The third-order valence-corrected chi connectivity index (χ3v) is 4.09. The van der Waals surface area contributed by atoms with Gasteiger partial charge < -0.3 is 10.6 Å². The van der Waals surface area contributed by atoms with E-state index >= 15 is 0 Å². The first kappa shape index (κ1) is 17.2. The number of amides is 1. The Balaban J connectivity index is 1.77. The Labute approximate surface area is 142 Å². The number of aromatic nitrogens is 2. The summed E-state index contributed by atoms with van der Waals surface area (Å²) in [5, 5.41) is 5.50. The minimum absolute atomic E-state index is 0.119. The molecule has 1 aromatic carbocycles. The van der Waals surface area contributed by atoms with Crippen molar-refractivity contribution in [2.24, 2.45) is 0 Å². The number of nitrogens with one attached hydrogen (secondary N) is 2. The number of anilines is 2. The standard InChI is InChI=1S/C17H17F3N4O/c18-17(19,20)12-7-3-4-8-13(12)24-15-9-14(21-10-22-15)16(25)23-11-5-1-2-6-11/h3-4,7-11H,1-2,5-6H2,(H,23,25)(H,21,22,24). The van der Waals surface area contributed by atoms with Gasteiger partial charge in [0.25, 0.3) is 5.91 Å². The van der Waals surface area contributed by atoms with Crippen molar-refractivity contribution in [3.63, 3.8) is 0 Å². The van der Waals surface area contributed by atoms with Crippen LogP contribution in [0.5, 0.6) is 0 Å². The predicted octanol–water partition coefficient (Wildman–Crippen LogP) is 3.91. The van der Waals surface area contributed by atoms with Crippen molar-refractivity contribution in [3.05, 3.63) is 47.9 Å². The molecule has 1 fully saturated rings. The van der Waals surface area contributed by atoms with Gasteiger partial charge in [0.2, 0.25) is 0 Å². The summed E-state index contributed by atoms with van der Waals surface area (Å²) in [6.45, 7) is 0. The van der Waals surface area contributed by atoms with Crippen LogP contribution in [0.25, 0.3) is 0 Å². The van der Waals surface area contributed by atoms with E-state index in [0.29, 0.717) is 0 Å². The molecule has 132 valence electrons. The zero-order chi connectivity index (χ0) is 17.9. The third-order valence-electron chi connectivity index (χ3n) is 4.09. The number of hydrogen-bond donors (Lipinski definition) is 2. The molecule has 1 amide bonds. The van der Waals surface area contributed by atoms with Gasteiger partial charge in [0.05, 0.1) is 11.3 Å². The van der Waals surface area contributed by atoms with E-state index in [2.05, 4.69) is 20.6 Å². The zero-order valence-electron chi connectivity index (χ0n) is 13.3. The highest BCUT2D eigenvalue weighted by Gasteiger charge is 2.33. The largest absolute Gasteiger partial charge is 0.418 e. The average Bonchev–Trinajstić information content (AvgIpc) is 3.07. The molecule has 1 aliphatic rings. The van der Waals surface area contributed by atoms with Gasteiger partial charge in [-0.25, -0.2) is 9.97 Å². The number of alkyl halides is 3. The minimum Gasteiger partial charge on any atom is -0.348 e. The molecule has 8 heteroatoms. The van der Waals surface area contributed by atoms with Crippen LogP contribution in [0.2, 0.25) is 0 Å². The smallest absolute Gasteiger partial charge is 0.348 e. The highest BCUT2D eigenvalue weighted by atomic mass is 19.4. The number of halogens is 3. The van der Waals surface area contributed by atoms with Gasteiger partial charge in [-0.3, -0.25) is 4.79 Å². The summed E-state index contributed by atoms with van der Waals surface area (Å²) in [7, 11) is 0. The summed E-state index contributed by atoms with van der Waals surface area (Å²) in [5.74, 6) is -0.218. The molecular weight excluding hydrogens is 333 g/mol. The van der Waals surface area contributed by atoms with Gasteiger partial charge in [-0.1, -0.05) is 25.0 Å². The maximum absolute atomic E-state index is 13.0. The van der Waals surface area contributed by atoms with Crippen LogP contribution in [0.4, 0.5) is 24.7 Å². The lowest BCUT2D eigenvalue weighted by Gasteiger charge is -2.14. The van der Waals surface area contributed by atoms with Crippen molar-refractivity contribution in [1.82, 2.24) is 15.3 Å². The number of para-hydroxylation sites is 1. The van der Waals surface area contributed by atoms with Crippen molar-refractivity contribution in [2.45, 2.75) is 37.9 Å². The molecule has 1 heterocycles. The number of rotatable bonds is 4. The lowest BCUT2D eigenvalue weighted by atomic mass is 10.1. The summed E-state index contributed by atoms with van der Waals surface area (Å²) in [6, 6.07) is 6.57. The Kier molecular flexibility index (Phi) is 4.87. The van der Waals surface area contributed by atoms with Crippen LogP contribution < -0.4 is 10.6 Å². The van der Waals surface area contributed by atoms with Crippen LogP contribution in [0.1, 0.15) is 41.7 Å². The van der Waals surface area contributed by atoms with Crippen LogP contribution in [0.15, 0.2) is 36.7 Å². The molecule has 3 rings (SSSR count). The minimum atomic E-state index is -4.49. The Morgan fingerprint density at radius 3 is 2.56 bits per heavy atom.